The molecule has 12 heteroatoms. The van der Waals surface area contributed by atoms with Crippen LogP contribution in [0.25, 0.3) is 0 Å². The number of halogens is 6. The van der Waals surface area contributed by atoms with E-state index in [0.717, 1.165) is 5.56 Å². The highest BCUT2D eigenvalue weighted by Crippen LogP contribution is 2.37. The van der Waals surface area contributed by atoms with Crippen LogP contribution in [0.1, 0.15) is 33.4 Å². The quantitative estimate of drug-likeness (QED) is 0.340. The standard InChI is InChI=1S/C26H24F6N2O3S/c1-15-9-16(2)23(17(3)10-15)38(36,37)34-22(11-18-7-5-4-6-8-18)24(35)33-21-13-19(25(27,28)29)12-20(14-21)26(30,31)32/h4-10,12-14,22,34H,11H2,1-3H3,(H,33,35). The van der Waals surface area contributed by atoms with Gasteiger partial charge in [0.1, 0.15) is 6.04 Å². The third-order valence-electron chi connectivity index (χ3n) is 5.63. The Kier molecular flexibility index (Phi) is 8.27. The van der Waals surface area contributed by atoms with Crippen molar-refractivity contribution < 1.29 is 39.6 Å². The number of hydrogen-bond acceptors (Lipinski definition) is 3. The summed E-state index contributed by atoms with van der Waals surface area (Å²) in [7, 11) is -4.33. The average Bonchev–Trinajstić information content (AvgIpc) is 2.77. The molecule has 1 unspecified atom stereocenters. The van der Waals surface area contributed by atoms with Gasteiger partial charge in [-0.25, -0.2) is 8.42 Å². The topological polar surface area (TPSA) is 75.3 Å². The molecule has 0 saturated carbocycles. The molecule has 1 atom stereocenters. The van der Waals surface area contributed by atoms with E-state index in [4.69, 9.17) is 0 Å². The first-order valence-electron chi connectivity index (χ1n) is 11.2. The Morgan fingerprint density at radius 2 is 1.32 bits per heavy atom. The van der Waals surface area contributed by atoms with E-state index >= 15 is 0 Å². The molecule has 3 aromatic carbocycles. The summed E-state index contributed by atoms with van der Waals surface area (Å²) in [4.78, 5) is 13.1. The predicted octanol–water partition coefficient (Wildman–Crippen LogP) is 6.18. The van der Waals surface area contributed by atoms with Crippen LogP contribution in [0.15, 0.2) is 65.6 Å². The minimum absolute atomic E-state index is 0.0667. The van der Waals surface area contributed by atoms with E-state index in [2.05, 4.69) is 4.72 Å². The number of nitrogens with one attached hydrogen (secondary N) is 2. The zero-order valence-corrected chi connectivity index (χ0v) is 21.3. The van der Waals surface area contributed by atoms with Gasteiger partial charge in [-0.2, -0.15) is 31.1 Å². The van der Waals surface area contributed by atoms with Crippen molar-refractivity contribution in [2.75, 3.05) is 5.32 Å². The van der Waals surface area contributed by atoms with Crippen LogP contribution < -0.4 is 10.0 Å². The molecular weight excluding hydrogens is 534 g/mol. The SMILES string of the molecule is Cc1cc(C)c(S(=O)(=O)NC(Cc2ccccc2)C(=O)Nc2cc(C(F)(F)F)cc(C(F)(F)F)c2)c(C)c1. The number of benzene rings is 3. The van der Waals surface area contributed by atoms with Crippen molar-refractivity contribution in [2.24, 2.45) is 0 Å². The van der Waals surface area contributed by atoms with Gasteiger partial charge in [-0.05, 0) is 62.1 Å². The van der Waals surface area contributed by atoms with E-state index in [1.54, 1.807) is 63.2 Å². The lowest BCUT2D eigenvalue weighted by Gasteiger charge is -2.21. The first-order chi connectivity index (χ1) is 17.5. The Balaban J connectivity index is 2.02. The second-order valence-corrected chi connectivity index (χ2v) is 10.5. The van der Waals surface area contributed by atoms with E-state index in [9.17, 15) is 39.6 Å². The van der Waals surface area contributed by atoms with Gasteiger partial charge in [0.15, 0.2) is 0 Å². The van der Waals surface area contributed by atoms with E-state index < -0.39 is 51.1 Å². The molecule has 0 radical (unpaired) electrons. The molecule has 0 aliphatic rings. The molecule has 0 heterocycles. The minimum Gasteiger partial charge on any atom is -0.325 e. The molecule has 204 valence electrons. The van der Waals surface area contributed by atoms with Gasteiger partial charge in [-0.1, -0.05) is 48.0 Å². The maximum atomic E-state index is 13.3. The van der Waals surface area contributed by atoms with Crippen LogP contribution in [0.4, 0.5) is 32.0 Å². The number of alkyl halides is 6. The number of amides is 1. The molecule has 0 aromatic heterocycles. The fourth-order valence-corrected chi connectivity index (χ4v) is 5.78. The van der Waals surface area contributed by atoms with Crippen molar-refractivity contribution in [3.8, 4) is 0 Å². The van der Waals surface area contributed by atoms with Crippen molar-refractivity contribution >= 4 is 21.6 Å². The molecule has 5 nitrogen and oxygen atoms in total. The van der Waals surface area contributed by atoms with Crippen molar-refractivity contribution in [1.29, 1.82) is 0 Å². The first-order valence-corrected chi connectivity index (χ1v) is 12.7. The zero-order chi connectivity index (χ0) is 28.5. The Morgan fingerprint density at radius 3 is 1.79 bits per heavy atom. The van der Waals surface area contributed by atoms with Crippen molar-refractivity contribution in [2.45, 2.75) is 50.5 Å². The number of aryl methyl sites for hydroxylation is 3. The Bertz CT molecular complexity index is 1380. The summed E-state index contributed by atoms with van der Waals surface area (Å²) >= 11 is 0. The van der Waals surface area contributed by atoms with Gasteiger partial charge in [0, 0.05) is 5.69 Å². The molecule has 0 aliphatic carbocycles. The summed E-state index contributed by atoms with van der Waals surface area (Å²) in [6, 6.07) is 10.5. The highest BCUT2D eigenvalue weighted by molar-refractivity contribution is 7.89. The fraction of sp³-hybridized carbons (Fsp3) is 0.269. The lowest BCUT2D eigenvalue weighted by Crippen LogP contribution is -2.45. The van der Waals surface area contributed by atoms with Crippen molar-refractivity contribution in [3.63, 3.8) is 0 Å². The molecule has 0 bridgehead atoms. The zero-order valence-electron chi connectivity index (χ0n) is 20.5. The maximum absolute atomic E-state index is 13.3. The molecular formula is C26H24F6N2O3S. The molecule has 0 aliphatic heterocycles. The highest BCUT2D eigenvalue weighted by Gasteiger charge is 2.37. The predicted molar refractivity (Wildman–Crippen MR) is 130 cm³/mol. The maximum Gasteiger partial charge on any atom is 0.416 e. The van der Waals surface area contributed by atoms with Gasteiger partial charge in [0.05, 0.1) is 16.0 Å². The van der Waals surface area contributed by atoms with E-state index in [1.165, 1.54) is 0 Å². The Morgan fingerprint density at radius 1 is 0.816 bits per heavy atom. The molecule has 0 fully saturated rings. The highest BCUT2D eigenvalue weighted by atomic mass is 32.2. The second-order valence-electron chi connectivity index (χ2n) is 8.88. The second kappa shape index (κ2) is 10.8. The molecule has 0 spiro atoms. The lowest BCUT2D eigenvalue weighted by atomic mass is 10.1. The van der Waals surface area contributed by atoms with E-state index in [1.807, 2.05) is 5.32 Å². The normalized spacial score (nSPS) is 13.3. The summed E-state index contributed by atoms with van der Waals surface area (Å²) < 4.78 is 109. The molecule has 0 saturated heterocycles. The summed E-state index contributed by atoms with van der Waals surface area (Å²) in [5.74, 6) is -1.13. The van der Waals surface area contributed by atoms with Crippen molar-refractivity contribution in [1.82, 2.24) is 4.72 Å². The monoisotopic (exact) mass is 558 g/mol. The number of anilines is 1. The van der Waals surface area contributed by atoms with Gasteiger partial charge in [-0.3, -0.25) is 4.79 Å². The first kappa shape index (κ1) is 29.2. The Labute approximate surface area is 215 Å². The third kappa shape index (κ3) is 7.13. The number of rotatable bonds is 7. The van der Waals surface area contributed by atoms with Crippen LogP contribution in [-0.4, -0.2) is 20.4 Å². The fourth-order valence-electron chi connectivity index (χ4n) is 4.13. The molecule has 3 rings (SSSR count). The smallest absolute Gasteiger partial charge is 0.325 e. The number of hydrogen-bond donors (Lipinski definition) is 2. The van der Waals surface area contributed by atoms with Crippen LogP contribution in [0, 0.1) is 20.8 Å². The number of carbonyl (C=O) groups is 1. The third-order valence-corrected chi connectivity index (χ3v) is 7.40. The summed E-state index contributed by atoms with van der Waals surface area (Å²) in [6.07, 6.45) is -10.5. The Hall–Kier alpha value is -3.38. The number of sulfonamides is 1. The summed E-state index contributed by atoms with van der Waals surface area (Å²) in [5.41, 5.74) is -1.89. The van der Waals surface area contributed by atoms with Gasteiger partial charge in [0.2, 0.25) is 15.9 Å². The average molecular weight is 559 g/mol. The largest absolute Gasteiger partial charge is 0.416 e. The molecule has 2 N–H and O–H groups in total. The summed E-state index contributed by atoms with van der Waals surface area (Å²) in [5, 5.41) is 2.03. The molecule has 1 amide bonds. The van der Waals surface area contributed by atoms with Gasteiger partial charge < -0.3 is 5.32 Å². The van der Waals surface area contributed by atoms with E-state index in [-0.39, 0.29) is 17.4 Å². The summed E-state index contributed by atoms with van der Waals surface area (Å²) in [6.45, 7) is 4.92. The lowest BCUT2D eigenvalue weighted by molar-refractivity contribution is -0.143. The van der Waals surface area contributed by atoms with Crippen molar-refractivity contribution in [3.05, 3.63) is 94.0 Å². The molecule has 38 heavy (non-hydrogen) atoms. The van der Waals surface area contributed by atoms with Crippen LogP contribution in [-0.2, 0) is 33.6 Å². The van der Waals surface area contributed by atoms with Gasteiger partial charge in [-0.15, -0.1) is 0 Å². The van der Waals surface area contributed by atoms with E-state index in [0.29, 0.717) is 28.8 Å². The van der Waals surface area contributed by atoms with Gasteiger partial charge in [0.25, 0.3) is 0 Å². The number of carbonyl (C=O) groups excluding carboxylic acids is 1. The van der Waals surface area contributed by atoms with Crippen LogP contribution >= 0.6 is 0 Å². The van der Waals surface area contributed by atoms with Crippen LogP contribution in [0.5, 0.6) is 0 Å². The molecule has 3 aromatic rings. The van der Waals surface area contributed by atoms with Crippen LogP contribution in [0.2, 0.25) is 0 Å². The van der Waals surface area contributed by atoms with Crippen LogP contribution in [0.3, 0.4) is 0 Å². The minimum atomic E-state index is -5.12. The van der Waals surface area contributed by atoms with Gasteiger partial charge >= 0.3 is 12.4 Å².